The second-order valence-electron chi connectivity index (χ2n) is 2.94. The molecule has 0 aliphatic rings. The van der Waals surface area contributed by atoms with E-state index in [1.54, 1.807) is 42.5 Å². The van der Waals surface area contributed by atoms with E-state index < -0.39 is 0 Å². The van der Waals surface area contributed by atoms with E-state index in [9.17, 15) is 4.39 Å². The lowest BCUT2D eigenvalue weighted by atomic mass is 10.2. The highest BCUT2D eigenvalue weighted by molar-refractivity contribution is 6.04. The Bertz CT molecular complexity index is 399. The molecule has 0 fully saturated rings. The van der Waals surface area contributed by atoms with Crippen molar-refractivity contribution >= 4 is 11.8 Å². The van der Waals surface area contributed by atoms with Crippen LogP contribution in [-0.4, -0.2) is 5.71 Å². The van der Waals surface area contributed by atoms with Crippen molar-refractivity contribution in [3.8, 4) is 0 Å². The minimum absolute atomic E-state index is 0.256. The van der Waals surface area contributed by atoms with E-state index in [0.717, 1.165) is 5.56 Å². The van der Waals surface area contributed by atoms with Crippen LogP contribution in [0.1, 0.15) is 5.56 Å². The molecule has 0 radical (unpaired) electrons. The van der Waals surface area contributed by atoms with Crippen molar-refractivity contribution in [2.75, 3.05) is 0 Å². The second-order valence-corrected chi connectivity index (χ2v) is 2.94. The highest BCUT2D eigenvalue weighted by Crippen LogP contribution is 2.04. The second kappa shape index (κ2) is 5.70. The van der Waals surface area contributed by atoms with E-state index in [4.69, 9.17) is 5.41 Å². The quantitative estimate of drug-likeness (QED) is 0.568. The van der Waals surface area contributed by atoms with Gasteiger partial charge < -0.3 is 5.41 Å². The number of allylic oxidation sites excluding steroid dienone is 4. The van der Waals surface area contributed by atoms with E-state index >= 15 is 0 Å². The molecule has 1 aromatic rings. The molecule has 2 heteroatoms. The zero-order chi connectivity index (χ0) is 11.1. The van der Waals surface area contributed by atoms with Crippen LogP contribution < -0.4 is 0 Å². The number of halogens is 1. The predicted molar refractivity (Wildman–Crippen MR) is 62.5 cm³/mol. The molecule has 1 aromatic carbocycles. The van der Waals surface area contributed by atoms with Gasteiger partial charge in [-0.25, -0.2) is 4.39 Å². The molecule has 0 atom stereocenters. The highest BCUT2D eigenvalue weighted by atomic mass is 19.1. The first-order valence-electron chi connectivity index (χ1n) is 4.53. The SMILES string of the molecule is C=C/C=C/C(=N)/C=C/c1ccc(F)cc1. The fourth-order valence-corrected chi connectivity index (χ4v) is 0.987. The van der Waals surface area contributed by atoms with Gasteiger partial charge in [0.2, 0.25) is 0 Å². The first kappa shape index (κ1) is 11.1. The van der Waals surface area contributed by atoms with Gasteiger partial charge in [-0.3, -0.25) is 0 Å². The average molecular weight is 201 g/mol. The molecule has 0 saturated heterocycles. The minimum atomic E-state index is -0.256. The van der Waals surface area contributed by atoms with Crippen LogP contribution >= 0.6 is 0 Å². The largest absolute Gasteiger partial charge is 0.301 e. The number of nitrogens with one attached hydrogen (secondary N) is 1. The van der Waals surface area contributed by atoms with Crippen LogP contribution in [0.25, 0.3) is 6.08 Å². The molecular weight excluding hydrogens is 189 g/mol. The molecule has 76 valence electrons. The molecule has 0 aliphatic heterocycles. The molecule has 0 bridgehead atoms. The van der Waals surface area contributed by atoms with E-state index in [2.05, 4.69) is 6.58 Å². The Morgan fingerprint density at radius 2 is 1.87 bits per heavy atom. The average Bonchev–Trinajstić information content (AvgIpc) is 2.25. The molecule has 0 saturated carbocycles. The smallest absolute Gasteiger partial charge is 0.123 e. The Balaban J connectivity index is 2.65. The first-order valence-corrected chi connectivity index (χ1v) is 4.53. The summed E-state index contributed by atoms with van der Waals surface area (Å²) in [5.74, 6) is -0.256. The van der Waals surface area contributed by atoms with E-state index in [-0.39, 0.29) is 5.82 Å². The standard InChI is InChI=1S/C13H12FN/c1-2-3-4-13(15)10-7-11-5-8-12(14)9-6-11/h2-10,15H,1H2/b4-3+,10-7+,15-13?. The zero-order valence-electron chi connectivity index (χ0n) is 8.28. The first-order chi connectivity index (χ1) is 7.22. The Kier molecular flexibility index (Phi) is 4.23. The topological polar surface area (TPSA) is 23.9 Å². The van der Waals surface area contributed by atoms with Crippen molar-refractivity contribution in [2.45, 2.75) is 0 Å². The normalized spacial score (nSPS) is 11.0. The Morgan fingerprint density at radius 3 is 2.47 bits per heavy atom. The van der Waals surface area contributed by atoms with Crippen molar-refractivity contribution in [3.05, 3.63) is 66.5 Å². The van der Waals surface area contributed by atoms with Crippen molar-refractivity contribution in [3.63, 3.8) is 0 Å². The fourth-order valence-electron chi connectivity index (χ4n) is 0.987. The van der Waals surface area contributed by atoms with E-state index in [0.29, 0.717) is 5.71 Å². The summed E-state index contributed by atoms with van der Waals surface area (Å²) < 4.78 is 12.6. The van der Waals surface area contributed by atoms with E-state index in [1.807, 2.05) is 0 Å². The number of hydrogen-bond acceptors (Lipinski definition) is 1. The summed E-state index contributed by atoms with van der Waals surface area (Å²) in [5, 5.41) is 7.49. The summed E-state index contributed by atoms with van der Waals surface area (Å²) in [6.45, 7) is 3.51. The van der Waals surface area contributed by atoms with Crippen LogP contribution in [0.15, 0.2) is 55.1 Å². The minimum Gasteiger partial charge on any atom is -0.301 e. The maximum absolute atomic E-state index is 12.6. The van der Waals surface area contributed by atoms with Gasteiger partial charge in [-0.15, -0.1) is 0 Å². The third-order valence-electron chi connectivity index (χ3n) is 1.74. The molecule has 1 N–H and O–H groups in total. The lowest BCUT2D eigenvalue weighted by Gasteiger charge is -1.92. The maximum Gasteiger partial charge on any atom is 0.123 e. The maximum atomic E-state index is 12.6. The van der Waals surface area contributed by atoms with Crippen LogP contribution in [0.2, 0.25) is 0 Å². The Morgan fingerprint density at radius 1 is 1.20 bits per heavy atom. The van der Waals surface area contributed by atoms with Gasteiger partial charge in [-0.2, -0.15) is 0 Å². The van der Waals surface area contributed by atoms with Crippen molar-refractivity contribution in [2.24, 2.45) is 0 Å². The summed E-state index contributed by atoms with van der Waals surface area (Å²) in [4.78, 5) is 0. The molecule has 0 heterocycles. The highest BCUT2D eigenvalue weighted by Gasteiger charge is 1.89. The van der Waals surface area contributed by atoms with Crippen LogP contribution in [0.4, 0.5) is 4.39 Å². The fraction of sp³-hybridized carbons (Fsp3) is 0. The molecule has 0 unspecified atom stereocenters. The third kappa shape index (κ3) is 4.18. The van der Waals surface area contributed by atoms with Crippen molar-refractivity contribution < 1.29 is 4.39 Å². The summed E-state index contributed by atoms with van der Waals surface area (Å²) in [6, 6.07) is 6.11. The number of hydrogen-bond donors (Lipinski definition) is 1. The van der Waals surface area contributed by atoms with Gasteiger partial charge in [0.05, 0.1) is 5.71 Å². The Hall–Kier alpha value is -1.96. The molecule has 0 amide bonds. The summed E-state index contributed by atoms with van der Waals surface area (Å²) in [7, 11) is 0. The summed E-state index contributed by atoms with van der Waals surface area (Å²) in [6.07, 6.45) is 8.34. The van der Waals surface area contributed by atoms with Crippen LogP contribution in [0.3, 0.4) is 0 Å². The van der Waals surface area contributed by atoms with Gasteiger partial charge in [0.25, 0.3) is 0 Å². The van der Waals surface area contributed by atoms with Crippen LogP contribution in [-0.2, 0) is 0 Å². The van der Waals surface area contributed by atoms with Gasteiger partial charge in [0.1, 0.15) is 5.82 Å². The predicted octanol–water partition coefficient (Wildman–Crippen LogP) is 3.60. The van der Waals surface area contributed by atoms with Crippen molar-refractivity contribution in [1.82, 2.24) is 0 Å². The van der Waals surface area contributed by atoms with Gasteiger partial charge >= 0.3 is 0 Å². The molecule has 1 rings (SSSR count). The number of rotatable bonds is 4. The molecule has 1 nitrogen and oxygen atoms in total. The summed E-state index contributed by atoms with van der Waals surface area (Å²) in [5.41, 5.74) is 1.24. The monoisotopic (exact) mass is 201 g/mol. The zero-order valence-corrected chi connectivity index (χ0v) is 8.28. The summed E-state index contributed by atoms with van der Waals surface area (Å²) >= 11 is 0. The number of benzene rings is 1. The molecule has 0 aliphatic carbocycles. The molecule has 15 heavy (non-hydrogen) atoms. The molecular formula is C13H12FN. The van der Waals surface area contributed by atoms with Gasteiger partial charge in [-0.05, 0) is 29.8 Å². The third-order valence-corrected chi connectivity index (χ3v) is 1.74. The van der Waals surface area contributed by atoms with Crippen molar-refractivity contribution in [1.29, 1.82) is 5.41 Å². The van der Waals surface area contributed by atoms with Crippen LogP contribution in [0.5, 0.6) is 0 Å². The Labute approximate surface area is 88.8 Å². The molecule has 0 aromatic heterocycles. The van der Waals surface area contributed by atoms with Crippen LogP contribution in [0, 0.1) is 11.2 Å². The van der Waals surface area contributed by atoms with Gasteiger partial charge in [0.15, 0.2) is 0 Å². The van der Waals surface area contributed by atoms with E-state index in [1.165, 1.54) is 12.1 Å². The van der Waals surface area contributed by atoms with Gasteiger partial charge in [-0.1, -0.05) is 36.9 Å². The lowest BCUT2D eigenvalue weighted by Crippen LogP contribution is -1.82. The van der Waals surface area contributed by atoms with Gasteiger partial charge in [0, 0.05) is 0 Å². The lowest BCUT2D eigenvalue weighted by molar-refractivity contribution is 0.628. The molecule has 0 spiro atoms.